The smallest absolute Gasteiger partial charge is 0.0544 e. The predicted octanol–water partition coefficient (Wildman–Crippen LogP) is 23.4. The molecule has 0 atom stereocenters. The third-order valence-corrected chi connectivity index (χ3v) is 19.3. The zero-order chi connectivity index (χ0) is 60.2. The first-order valence-electron chi connectivity index (χ1n) is 31.1. The van der Waals surface area contributed by atoms with Gasteiger partial charge in [-0.25, -0.2) is 0 Å². The molecule has 0 N–H and O–H groups in total. The Balaban J connectivity index is 0.904. The summed E-state index contributed by atoms with van der Waals surface area (Å²) < 4.78 is 0. The van der Waals surface area contributed by atoms with Crippen molar-refractivity contribution in [3.05, 3.63) is 323 Å². The number of anilines is 12. The van der Waals surface area contributed by atoms with Crippen molar-refractivity contribution in [3.8, 4) is 33.4 Å². The molecule has 428 valence electrons. The minimum atomic E-state index is -0.378. The summed E-state index contributed by atoms with van der Waals surface area (Å²) in [6.07, 6.45) is 0. The zero-order valence-corrected chi connectivity index (χ0v) is 51.8. The van der Waals surface area contributed by atoms with Crippen LogP contribution in [0.2, 0.25) is 0 Å². The van der Waals surface area contributed by atoms with Gasteiger partial charge in [0, 0.05) is 67.4 Å². The molecule has 12 aromatic carbocycles. The molecule has 0 fully saturated rings. The number of nitrogens with zero attached hydrogens (tertiary/aromatic N) is 4. The molecule has 0 spiro atoms. The first-order valence-corrected chi connectivity index (χ1v) is 31.1. The molecule has 3 aliphatic rings. The van der Waals surface area contributed by atoms with Crippen LogP contribution in [0, 0.1) is 20.8 Å². The summed E-state index contributed by atoms with van der Waals surface area (Å²) in [5.74, 6) is 0. The lowest BCUT2D eigenvalue weighted by Crippen LogP contribution is -2.43. The Bertz CT molecular complexity index is 4050. The van der Waals surface area contributed by atoms with Crippen LogP contribution in [0.3, 0.4) is 0 Å². The van der Waals surface area contributed by atoms with Crippen molar-refractivity contribution in [1.82, 2.24) is 0 Å². The summed E-state index contributed by atoms with van der Waals surface area (Å²) in [5.41, 5.74) is 32.0. The molecule has 0 bridgehead atoms. The Morgan fingerprint density at radius 3 is 0.602 bits per heavy atom. The van der Waals surface area contributed by atoms with E-state index in [4.69, 9.17) is 0 Å². The third kappa shape index (κ3) is 8.95. The Labute approximate surface area is 519 Å². The van der Waals surface area contributed by atoms with Crippen LogP contribution in [0.5, 0.6) is 0 Å². The maximum atomic E-state index is 2.71. The molecule has 0 aliphatic carbocycles. The standard InChI is InChI=1S/C84H72N4/c1-55-25-37-67(38-26-55)85(64-19-13-10-14-20-64)70-43-31-58(32-44-70)61-49-73-79-74(50-61)83(6,7)76-52-63(60-35-47-72(48-36-60)87(66-23-17-12-18-24-66)69-41-29-57(3)30-42-69)54-78-81(76)88(79)80-75(82(73,4)5)51-62(53-77(80)84(78,8)9)59-33-45-71(46-34-59)86(65-21-15-11-16-22-65)68-39-27-56(2)28-40-68/h10-54H,1-9H3. The number of benzene rings is 12. The van der Waals surface area contributed by atoms with Gasteiger partial charge >= 0.3 is 0 Å². The molecule has 15 rings (SSSR count). The van der Waals surface area contributed by atoms with Crippen molar-refractivity contribution < 1.29 is 0 Å². The van der Waals surface area contributed by atoms with E-state index in [0.717, 1.165) is 51.2 Å². The first-order chi connectivity index (χ1) is 42.6. The molecule has 0 amide bonds. The van der Waals surface area contributed by atoms with Crippen LogP contribution in [0.4, 0.5) is 68.2 Å². The third-order valence-electron chi connectivity index (χ3n) is 19.3. The van der Waals surface area contributed by atoms with E-state index in [1.807, 2.05) is 0 Å². The molecule has 3 aliphatic heterocycles. The van der Waals surface area contributed by atoms with Crippen LogP contribution in [-0.4, -0.2) is 0 Å². The molecule has 0 aromatic heterocycles. The van der Waals surface area contributed by atoms with Gasteiger partial charge in [0.1, 0.15) is 0 Å². The molecule has 0 unspecified atom stereocenters. The lowest BCUT2D eigenvalue weighted by molar-refractivity contribution is 0.567. The minimum absolute atomic E-state index is 0.378. The van der Waals surface area contributed by atoms with E-state index in [2.05, 4.69) is 355 Å². The quantitative estimate of drug-likeness (QED) is 0.121. The molecular formula is C84H72N4. The van der Waals surface area contributed by atoms with Crippen LogP contribution >= 0.6 is 0 Å². The Kier molecular flexibility index (Phi) is 12.9. The second-order valence-corrected chi connectivity index (χ2v) is 26.1. The molecule has 0 saturated carbocycles. The monoisotopic (exact) mass is 1140 g/mol. The van der Waals surface area contributed by atoms with Gasteiger partial charge in [0.05, 0.1) is 17.1 Å². The van der Waals surface area contributed by atoms with E-state index in [0.29, 0.717) is 0 Å². The van der Waals surface area contributed by atoms with Crippen LogP contribution in [0.25, 0.3) is 33.4 Å². The Morgan fingerprint density at radius 2 is 0.398 bits per heavy atom. The number of para-hydroxylation sites is 3. The molecule has 12 aromatic rings. The normalized spacial score (nSPS) is 14.2. The summed E-state index contributed by atoms with van der Waals surface area (Å²) in [5, 5.41) is 0. The number of hydrogen-bond acceptors (Lipinski definition) is 4. The van der Waals surface area contributed by atoms with Gasteiger partial charge < -0.3 is 19.6 Å². The molecule has 0 radical (unpaired) electrons. The highest BCUT2D eigenvalue weighted by Gasteiger charge is 2.52. The topological polar surface area (TPSA) is 13.0 Å². The van der Waals surface area contributed by atoms with Gasteiger partial charge in [0.2, 0.25) is 0 Å². The number of aryl methyl sites for hydroxylation is 3. The van der Waals surface area contributed by atoms with Gasteiger partial charge in [-0.05, 0) is 233 Å². The Hall–Kier alpha value is -10.2. The summed E-state index contributed by atoms with van der Waals surface area (Å²) >= 11 is 0. The van der Waals surface area contributed by atoms with Gasteiger partial charge in [0.25, 0.3) is 0 Å². The van der Waals surface area contributed by atoms with Gasteiger partial charge in [-0.1, -0.05) is 186 Å². The predicted molar refractivity (Wildman–Crippen MR) is 372 cm³/mol. The van der Waals surface area contributed by atoms with Gasteiger partial charge in [-0.3, -0.25) is 0 Å². The van der Waals surface area contributed by atoms with Crippen molar-refractivity contribution in [3.63, 3.8) is 0 Å². The van der Waals surface area contributed by atoms with Crippen molar-refractivity contribution in [1.29, 1.82) is 0 Å². The van der Waals surface area contributed by atoms with Crippen molar-refractivity contribution >= 4 is 68.2 Å². The second kappa shape index (κ2) is 20.8. The van der Waals surface area contributed by atoms with Crippen LogP contribution in [0.15, 0.2) is 273 Å². The van der Waals surface area contributed by atoms with Gasteiger partial charge in [0.15, 0.2) is 0 Å². The lowest BCUT2D eigenvalue weighted by Gasteiger charge is -2.55. The van der Waals surface area contributed by atoms with Crippen LogP contribution in [-0.2, 0) is 16.2 Å². The SMILES string of the molecule is Cc1ccc(N(c2ccccc2)c2ccc(-c3cc4c5c(c3)C(C)(C)c3cc(-c6ccc(N(c7ccccc7)c7ccc(C)cc7)cc6)cc6c3N5c3c(cc(-c5ccc(N(c7ccccc7)c7ccc(C)cc7)cc5)cc3C6(C)C)C4(C)C)cc2)cc1. The molecule has 88 heavy (non-hydrogen) atoms. The maximum Gasteiger partial charge on any atom is 0.0544 e. The second-order valence-electron chi connectivity index (χ2n) is 26.1. The highest BCUT2D eigenvalue weighted by atomic mass is 15.2. The van der Waals surface area contributed by atoms with E-state index in [1.165, 1.54) is 101 Å². The largest absolute Gasteiger partial charge is 0.311 e. The lowest BCUT2D eigenvalue weighted by atomic mass is 9.60. The van der Waals surface area contributed by atoms with Crippen molar-refractivity contribution in [2.45, 2.75) is 78.6 Å². The van der Waals surface area contributed by atoms with Crippen molar-refractivity contribution in [2.75, 3.05) is 19.6 Å². The van der Waals surface area contributed by atoms with E-state index in [1.54, 1.807) is 0 Å². The highest BCUT2D eigenvalue weighted by Crippen LogP contribution is 2.67. The highest BCUT2D eigenvalue weighted by molar-refractivity contribution is 6.01. The van der Waals surface area contributed by atoms with Crippen LogP contribution < -0.4 is 19.6 Å². The number of hydrogen-bond donors (Lipinski definition) is 0. The summed E-state index contributed by atoms with van der Waals surface area (Å²) in [4.78, 5) is 9.79. The summed E-state index contributed by atoms with van der Waals surface area (Å²) in [6, 6.07) is 102. The first kappa shape index (κ1) is 54.5. The Morgan fingerprint density at radius 1 is 0.216 bits per heavy atom. The zero-order valence-electron chi connectivity index (χ0n) is 51.8. The average molecular weight is 1140 g/mol. The molecule has 4 heteroatoms. The van der Waals surface area contributed by atoms with Gasteiger partial charge in [-0.2, -0.15) is 0 Å². The van der Waals surface area contributed by atoms with E-state index < -0.39 is 0 Å². The van der Waals surface area contributed by atoms with E-state index in [-0.39, 0.29) is 16.2 Å². The molecule has 0 saturated heterocycles. The molecule has 4 nitrogen and oxygen atoms in total. The van der Waals surface area contributed by atoms with Crippen molar-refractivity contribution in [2.24, 2.45) is 0 Å². The summed E-state index contributed by atoms with van der Waals surface area (Å²) in [6.45, 7) is 21.3. The fourth-order valence-electron chi connectivity index (χ4n) is 14.3. The number of rotatable bonds is 12. The molecule has 3 heterocycles. The molecular weight excluding hydrogens is 1060 g/mol. The van der Waals surface area contributed by atoms with Crippen LogP contribution in [0.1, 0.15) is 91.6 Å². The summed E-state index contributed by atoms with van der Waals surface area (Å²) in [7, 11) is 0. The minimum Gasteiger partial charge on any atom is -0.311 e. The maximum absolute atomic E-state index is 2.71. The van der Waals surface area contributed by atoms with E-state index >= 15 is 0 Å². The van der Waals surface area contributed by atoms with Gasteiger partial charge in [-0.15, -0.1) is 0 Å². The van der Waals surface area contributed by atoms with E-state index in [9.17, 15) is 0 Å². The fraction of sp³-hybridized carbons (Fsp3) is 0.143. The average Bonchev–Trinajstić information content (AvgIpc) is 0.679. The fourth-order valence-corrected chi connectivity index (χ4v) is 14.3.